The zero-order chi connectivity index (χ0) is 21.7. The summed E-state index contributed by atoms with van der Waals surface area (Å²) in [4.78, 5) is 11.1. The predicted molar refractivity (Wildman–Crippen MR) is 77.0 cm³/mol. The van der Waals surface area contributed by atoms with Crippen LogP contribution in [0.5, 0.6) is 0 Å². The van der Waals surface area contributed by atoms with E-state index in [1.807, 2.05) is 6.92 Å². The first-order valence-electron chi connectivity index (χ1n) is 7.84. The Morgan fingerprint density at radius 1 is 0.741 bits per heavy atom. The van der Waals surface area contributed by atoms with E-state index in [1.165, 1.54) is 5.32 Å². The van der Waals surface area contributed by atoms with Gasteiger partial charge in [-0.3, -0.25) is 4.79 Å². The van der Waals surface area contributed by atoms with Crippen LogP contribution in [0.15, 0.2) is 0 Å². The number of hydrogen-bond acceptors (Lipinski definition) is 1. The highest BCUT2D eigenvalue weighted by Gasteiger charge is 2.87. The maximum atomic E-state index is 13.4. The first-order valence-corrected chi connectivity index (χ1v) is 8.22. The topological polar surface area (TPSA) is 29.1 Å². The monoisotopic (exact) mass is 441 g/mol. The molecule has 0 aliphatic heterocycles. The lowest BCUT2D eigenvalue weighted by Gasteiger charge is -2.37. The molecule has 0 atom stereocenters. The van der Waals surface area contributed by atoms with Crippen molar-refractivity contribution in [1.82, 2.24) is 5.32 Å². The highest BCUT2D eigenvalue weighted by atomic mass is 35.5. The molecule has 0 fully saturated rings. The van der Waals surface area contributed by atoms with Crippen molar-refractivity contribution < 1.29 is 48.7 Å². The number of alkyl halides is 11. The van der Waals surface area contributed by atoms with Crippen molar-refractivity contribution in [3.8, 4) is 0 Å². The molecule has 0 radical (unpaired) electrons. The highest BCUT2D eigenvalue weighted by Crippen LogP contribution is 2.57. The molecule has 1 amide bonds. The Hall–Kier alpha value is -0.940. The fourth-order valence-electron chi connectivity index (χ4n) is 1.93. The van der Waals surface area contributed by atoms with E-state index in [1.54, 1.807) is 0 Å². The molecule has 0 aromatic carbocycles. The fraction of sp³-hybridized carbons (Fsp3) is 0.929. The van der Waals surface area contributed by atoms with E-state index in [-0.39, 0.29) is 6.42 Å². The summed E-state index contributed by atoms with van der Waals surface area (Å²) in [7, 11) is 0. The zero-order valence-corrected chi connectivity index (χ0v) is 14.8. The maximum absolute atomic E-state index is 13.4. The number of hydrogen-bond donors (Lipinski definition) is 1. The largest absolute Gasteiger partial charge is 0.393 e. The summed E-state index contributed by atoms with van der Waals surface area (Å²) in [6.07, 6.45) is 3.62. The van der Waals surface area contributed by atoms with Gasteiger partial charge in [0.2, 0.25) is 0 Å². The summed E-state index contributed by atoms with van der Waals surface area (Å²) in [6, 6.07) is 0. The number of rotatable bonds is 12. The van der Waals surface area contributed by atoms with Crippen LogP contribution in [0.25, 0.3) is 0 Å². The highest BCUT2D eigenvalue weighted by molar-refractivity contribution is 6.22. The van der Waals surface area contributed by atoms with E-state index in [0.717, 1.165) is 19.3 Å². The molecule has 0 rings (SSSR count). The number of amides is 1. The molecule has 0 bridgehead atoms. The van der Waals surface area contributed by atoms with Crippen molar-refractivity contribution in [3.63, 3.8) is 0 Å². The number of halogens is 11. The Balaban J connectivity index is 5.12. The van der Waals surface area contributed by atoms with E-state index < -0.39 is 41.5 Å². The van der Waals surface area contributed by atoms with Crippen LogP contribution in [0.4, 0.5) is 43.9 Å². The number of nitrogens with one attached hydrogen (secondary N) is 1. The predicted octanol–water partition coefficient (Wildman–Crippen LogP) is 5.84. The Kier molecular flexibility index (Phi) is 8.72. The van der Waals surface area contributed by atoms with Gasteiger partial charge in [-0.25, -0.2) is 0 Å². The Labute approximate surface area is 153 Å². The second kappa shape index (κ2) is 9.04. The van der Waals surface area contributed by atoms with Gasteiger partial charge in [-0.1, -0.05) is 39.0 Å². The van der Waals surface area contributed by atoms with Gasteiger partial charge in [0.1, 0.15) is 0 Å². The lowest BCUT2D eigenvalue weighted by molar-refractivity contribution is -0.382. The number of unbranched alkanes of at least 4 members (excludes halogenated alkanes) is 5. The van der Waals surface area contributed by atoms with Crippen molar-refractivity contribution in [2.24, 2.45) is 0 Å². The average molecular weight is 442 g/mol. The van der Waals surface area contributed by atoms with Gasteiger partial charge in [-0.15, -0.1) is 0 Å². The summed E-state index contributed by atoms with van der Waals surface area (Å²) < 4.78 is 130. The van der Waals surface area contributed by atoms with Gasteiger partial charge in [-0.2, -0.15) is 43.9 Å². The van der Waals surface area contributed by atoms with Gasteiger partial charge in [0.15, 0.2) is 0 Å². The van der Waals surface area contributed by atoms with Gasteiger partial charge < -0.3 is 5.32 Å². The smallest absolute Gasteiger partial charge is 0.351 e. The van der Waals surface area contributed by atoms with Gasteiger partial charge in [-0.05, 0) is 18.0 Å². The van der Waals surface area contributed by atoms with Crippen LogP contribution in [-0.4, -0.2) is 41.5 Å². The normalized spacial score (nSPS) is 14.4. The molecular formula is C14H18ClF10NO. The third-order valence-electron chi connectivity index (χ3n) is 3.64. The number of carbonyl (C=O) groups excluding carboxylic acids is 1. The lowest BCUT2D eigenvalue weighted by Crippen LogP contribution is -2.69. The Morgan fingerprint density at radius 3 is 1.63 bits per heavy atom. The summed E-state index contributed by atoms with van der Waals surface area (Å²) in [5.41, 5.74) is 0. The standard InChI is InChI=1S/C14H18ClF10NO/c1-2-3-4-5-6-7-8-26-9(27)10(16,17)11(18,19)12(20,21)13(22,23)14(15,24)25/h2-8H2,1H3,(H,26,27). The fourth-order valence-corrected chi connectivity index (χ4v) is 2.05. The maximum Gasteiger partial charge on any atom is 0.393 e. The number of carbonyl (C=O) groups is 1. The van der Waals surface area contributed by atoms with Crippen LogP contribution >= 0.6 is 11.6 Å². The van der Waals surface area contributed by atoms with E-state index in [0.29, 0.717) is 12.8 Å². The summed E-state index contributed by atoms with van der Waals surface area (Å²) in [5, 5.41) is -5.06. The third-order valence-corrected chi connectivity index (χ3v) is 3.88. The van der Waals surface area contributed by atoms with E-state index >= 15 is 0 Å². The molecule has 0 heterocycles. The molecule has 162 valence electrons. The summed E-state index contributed by atoms with van der Waals surface area (Å²) in [6.45, 7) is 1.30. The zero-order valence-electron chi connectivity index (χ0n) is 14.0. The van der Waals surface area contributed by atoms with Gasteiger partial charge in [0.25, 0.3) is 5.91 Å². The van der Waals surface area contributed by atoms with Crippen LogP contribution in [-0.2, 0) is 4.79 Å². The first-order chi connectivity index (χ1) is 12.0. The quantitative estimate of drug-likeness (QED) is 0.230. The second-order valence-electron chi connectivity index (χ2n) is 5.82. The molecular weight excluding hydrogens is 424 g/mol. The third kappa shape index (κ3) is 5.32. The van der Waals surface area contributed by atoms with Crippen LogP contribution in [0, 0.1) is 0 Å². The van der Waals surface area contributed by atoms with E-state index in [9.17, 15) is 48.7 Å². The van der Waals surface area contributed by atoms with E-state index in [2.05, 4.69) is 11.6 Å². The van der Waals surface area contributed by atoms with Crippen LogP contribution in [0.1, 0.15) is 45.4 Å². The molecule has 13 heteroatoms. The minimum absolute atomic E-state index is 0.0312. The molecule has 2 nitrogen and oxygen atoms in total. The molecule has 1 N–H and O–H groups in total. The summed E-state index contributed by atoms with van der Waals surface area (Å²) >= 11 is 3.66. The van der Waals surface area contributed by atoms with Crippen LogP contribution in [0.2, 0.25) is 0 Å². The lowest BCUT2D eigenvalue weighted by atomic mass is 9.98. The van der Waals surface area contributed by atoms with Crippen molar-refractivity contribution in [2.45, 2.75) is 74.5 Å². The Morgan fingerprint density at radius 2 is 1.19 bits per heavy atom. The minimum atomic E-state index is -7.33. The molecule has 0 spiro atoms. The molecule has 0 aromatic rings. The van der Waals surface area contributed by atoms with Crippen molar-refractivity contribution >= 4 is 17.5 Å². The average Bonchev–Trinajstić information content (AvgIpc) is 2.52. The van der Waals surface area contributed by atoms with Crippen molar-refractivity contribution in [1.29, 1.82) is 0 Å². The SMILES string of the molecule is CCCCCCCCNC(=O)C(F)(F)C(F)(F)C(F)(F)C(F)(F)C(F)(F)Cl. The van der Waals surface area contributed by atoms with Crippen molar-refractivity contribution in [2.75, 3.05) is 6.54 Å². The first kappa shape index (κ1) is 26.1. The molecule has 0 saturated carbocycles. The van der Waals surface area contributed by atoms with E-state index in [4.69, 9.17) is 0 Å². The second-order valence-corrected chi connectivity index (χ2v) is 6.29. The Bertz CT molecular complexity index is 493. The molecule has 0 saturated heterocycles. The molecule has 27 heavy (non-hydrogen) atoms. The van der Waals surface area contributed by atoms with Crippen LogP contribution < -0.4 is 5.32 Å². The van der Waals surface area contributed by atoms with Crippen LogP contribution in [0.3, 0.4) is 0 Å². The minimum Gasteiger partial charge on any atom is -0.351 e. The summed E-state index contributed by atoms with van der Waals surface area (Å²) in [5.74, 6) is -30.9. The van der Waals surface area contributed by atoms with Gasteiger partial charge in [0.05, 0.1) is 0 Å². The molecule has 0 unspecified atom stereocenters. The van der Waals surface area contributed by atoms with Gasteiger partial charge >= 0.3 is 29.1 Å². The van der Waals surface area contributed by atoms with Crippen molar-refractivity contribution in [3.05, 3.63) is 0 Å². The molecule has 0 aliphatic rings. The molecule has 0 aliphatic carbocycles. The molecule has 0 aromatic heterocycles. The van der Waals surface area contributed by atoms with Gasteiger partial charge in [0, 0.05) is 6.54 Å².